The van der Waals surface area contributed by atoms with Gasteiger partial charge in [-0.05, 0) is 20.8 Å². The van der Waals surface area contributed by atoms with Crippen LogP contribution in [0.15, 0.2) is 4.99 Å². The Morgan fingerprint density at radius 1 is 1.67 bits per heavy atom. The highest BCUT2D eigenvalue weighted by Crippen LogP contribution is 2.22. The van der Waals surface area contributed by atoms with Crippen LogP contribution in [0.5, 0.6) is 0 Å². The van der Waals surface area contributed by atoms with Crippen LogP contribution in [0.3, 0.4) is 0 Å². The van der Waals surface area contributed by atoms with E-state index in [9.17, 15) is 0 Å². The van der Waals surface area contributed by atoms with Gasteiger partial charge in [0.15, 0.2) is 5.17 Å². The number of amidine groups is 1. The smallest absolute Gasteiger partial charge is 0.157 e. The van der Waals surface area contributed by atoms with Gasteiger partial charge in [-0.15, -0.1) is 0 Å². The first-order valence-electron chi connectivity index (χ1n) is 4.06. The molecule has 0 fully saturated rings. The molecular formula is C8H15IN2S. The third-order valence-electron chi connectivity index (χ3n) is 1.37. The molecule has 1 heterocycles. The van der Waals surface area contributed by atoms with E-state index in [0.29, 0.717) is 5.25 Å². The molecule has 0 aromatic rings. The molecular weight excluding hydrogens is 283 g/mol. The number of alkyl halides is 1. The van der Waals surface area contributed by atoms with Gasteiger partial charge in [-0.1, -0.05) is 34.4 Å². The molecule has 0 aromatic carbocycles. The number of aliphatic imine (C=N–C) groups is 1. The van der Waals surface area contributed by atoms with Crippen molar-refractivity contribution in [1.29, 1.82) is 0 Å². The van der Waals surface area contributed by atoms with Crippen molar-refractivity contribution in [1.82, 2.24) is 5.32 Å². The predicted molar refractivity (Wildman–Crippen MR) is 65.5 cm³/mol. The summed E-state index contributed by atoms with van der Waals surface area (Å²) in [4.78, 5) is 4.44. The van der Waals surface area contributed by atoms with Crippen LogP contribution in [0, 0.1) is 0 Å². The Kier molecular flexibility index (Phi) is 3.70. The van der Waals surface area contributed by atoms with Crippen molar-refractivity contribution in [3.8, 4) is 0 Å². The zero-order chi connectivity index (χ0) is 9.19. The fraction of sp³-hybridized carbons (Fsp3) is 0.875. The van der Waals surface area contributed by atoms with Crippen LogP contribution in [0.25, 0.3) is 0 Å². The summed E-state index contributed by atoms with van der Waals surface area (Å²) in [6, 6.07) is 0. The highest BCUT2D eigenvalue weighted by molar-refractivity contribution is 14.1. The summed E-state index contributed by atoms with van der Waals surface area (Å²) in [5, 5.41) is 5.20. The second-order valence-electron chi connectivity index (χ2n) is 3.92. The molecule has 12 heavy (non-hydrogen) atoms. The van der Waals surface area contributed by atoms with Crippen LogP contribution in [-0.4, -0.2) is 26.9 Å². The highest BCUT2D eigenvalue weighted by atomic mass is 127. The minimum atomic E-state index is 0.145. The monoisotopic (exact) mass is 298 g/mol. The van der Waals surface area contributed by atoms with E-state index in [2.05, 4.69) is 53.7 Å². The van der Waals surface area contributed by atoms with E-state index in [1.54, 1.807) is 0 Å². The minimum absolute atomic E-state index is 0.145. The maximum Gasteiger partial charge on any atom is 0.157 e. The van der Waals surface area contributed by atoms with Crippen molar-refractivity contribution < 1.29 is 0 Å². The average Bonchev–Trinajstić information content (AvgIpc) is 2.32. The maximum absolute atomic E-state index is 4.44. The SMILES string of the molecule is CC(C)(C)NC1=NC[C@@H](CI)S1. The Morgan fingerprint density at radius 3 is 2.75 bits per heavy atom. The molecule has 4 heteroatoms. The molecule has 0 unspecified atom stereocenters. The maximum atomic E-state index is 4.44. The number of thioether (sulfide) groups is 1. The zero-order valence-corrected chi connectivity index (χ0v) is 10.7. The lowest BCUT2D eigenvalue weighted by atomic mass is 10.1. The van der Waals surface area contributed by atoms with Crippen LogP contribution in [0.4, 0.5) is 0 Å². The normalized spacial score (nSPS) is 24.0. The molecule has 0 bridgehead atoms. The number of rotatable bonds is 1. The van der Waals surface area contributed by atoms with Crippen molar-refractivity contribution >= 4 is 39.5 Å². The van der Waals surface area contributed by atoms with Gasteiger partial charge in [0.2, 0.25) is 0 Å². The van der Waals surface area contributed by atoms with Crippen LogP contribution >= 0.6 is 34.4 Å². The summed E-state index contributed by atoms with van der Waals surface area (Å²) in [5.74, 6) is 0. The standard InChI is InChI=1S/C8H15IN2S/c1-8(2,3)11-7-10-5-6(4-9)12-7/h6H,4-5H2,1-3H3,(H,10,11)/t6-/m1/s1. The molecule has 1 atom stereocenters. The van der Waals surface area contributed by atoms with Gasteiger partial charge < -0.3 is 5.32 Å². The Bertz CT molecular complexity index is 186. The van der Waals surface area contributed by atoms with Crippen molar-refractivity contribution in [3.05, 3.63) is 0 Å². The summed E-state index contributed by atoms with van der Waals surface area (Å²) in [6.07, 6.45) is 0. The van der Waals surface area contributed by atoms with E-state index in [1.807, 2.05) is 11.8 Å². The summed E-state index contributed by atoms with van der Waals surface area (Å²) in [7, 11) is 0. The molecule has 2 nitrogen and oxygen atoms in total. The Labute approximate surface area is 92.1 Å². The third kappa shape index (κ3) is 3.51. The number of nitrogens with one attached hydrogen (secondary N) is 1. The summed E-state index contributed by atoms with van der Waals surface area (Å²) in [6.45, 7) is 7.46. The van der Waals surface area contributed by atoms with Crippen molar-refractivity contribution in [2.24, 2.45) is 4.99 Å². The quantitative estimate of drug-likeness (QED) is 0.593. The first-order chi connectivity index (χ1) is 5.51. The van der Waals surface area contributed by atoms with E-state index in [1.165, 1.54) is 4.43 Å². The zero-order valence-electron chi connectivity index (χ0n) is 7.72. The molecule has 0 aliphatic carbocycles. The van der Waals surface area contributed by atoms with E-state index in [4.69, 9.17) is 0 Å². The topological polar surface area (TPSA) is 24.4 Å². The first-order valence-corrected chi connectivity index (χ1v) is 6.47. The Hall–Kier alpha value is 0.550. The first kappa shape index (κ1) is 10.6. The van der Waals surface area contributed by atoms with Gasteiger partial charge >= 0.3 is 0 Å². The van der Waals surface area contributed by atoms with Crippen molar-refractivity contribution in [3.63, 3.8) is 0 Å². The molecule has 0 radical (unpaired) electrons. The van der Waals surface area contributed by atoms with E-state index >= 15 is 0 Å². The molecule has 0 amide bonds. The number of hydrogen-bond acceptors (Lipinski definition) is 3. The fourth-order valence-electron chi connectivity index (χ4n) is 0.887. The Balaban J connectivity index is 2.37. The van der Waals surface area contributed by atoms with Crippen LogP contribution in [0.2, 0.25) is 0 Å². The van der Waals surface area contributed by atoms with Crippen LogP contribution < -0.4 is 5.32 Å². The van der Waals surface area contributed by atoms with Gasteiger partial charge in [0.25, 0.3) is 0 Å². The van der Waals surface area contributed by atoms with E-state index in [0.717, 1.165) is 11.7 Å². The second-order valence-corrected chi connectivity index (χ2v) is 6.08. The van der Waals surface area contributed by atoms with Gasteiger partial charge in [-0.25, -0.2) is 0 Å². The fourth-order valence-corrected chi connectivity index (χ4v) is 2.75. The molecule has 1 aliphatic rings. The molecule has 70 valence electrons. The molecule has 0 saturated carbocycles. The molecule has 1 N–H and O–H groups in total. The van der Waals surface area contributed by atoms with Crippen molar-refractivity contribution in [2.45, 2.75) is 31.6 Å². The summed E-state index contributed by atoms with van der Waals surface area (Å²) < 4.78 is 1.18. The van der Waals surface area contributed by atoms with Crippen molar-refractivity contribution in [2.75, 3.05) is 11.0 Å². The van der Waals surface area contributed by atoms with Gasteiger partial charge in [-0.2, -0.15) is 0 Å². The lowest BCUT2D eigenvalue weighted by Crippen LogP contribution is -2.38. The highest BCUT2D eigenvalue weighted by Gasteiger charge is 2.21. The third-order valence-corrected chi connectivity index (χ3v) is 4.14. The molecule has 1 aliphatic heterocycles. The number of hydrogen-bond donors (Lipinski definition) is 1. The van der Waals surface area contributed by atoms with Gasteiger partial charge in [0, 0.05) is 15.2 Å². The van der Waals surface area contributed by atoms with Crippen LogP contribution in [-0.2, 0) is 0 Å². The predicted octanol–water partition coefficient (Wildman–Crippen LogP) is 2.28. The second kappa shape index (κ2) is 4.17. The lowest BCUT2D eigenvalue weighted by Gasteiger charge is -2.21. The molecule has 1 rings (SSSR count). The molecule has 0 spiro atoms. The number of halogens is 1. The van der Waals surface area contributed by atoms with Gasteiger partial charge in [0.1, 0.15) is 0 Å². The minimum Gasteiger partial charge on any atom is -0.360 e. The largest absolute Gasteiger partial charge is 0.360 e. The summed E-state index contributed by atoms with van der Waals surface area (Å²) >= 11 is 4.28. The average molecular weight is 298 g/mol. The Morgan fingerprint density at radius 2 is 2.33 bits per heavy atom. The van der Waals surface area contributed by atoms with E-state index < -0.39 is 0 Å². The molecule has 0 aromatic heterocycles. The molecule has 0 saturated heterocycles. The number of nitrogens with zero attached hydrogens (tertiary/aromatic N) is 1. The van der Waals surface area contributed by atoms with Gasteiger partial charge in [-0.3, -0.25) is 4.99 Å². The van der Waals surface area contributed by atoms with Crippen LogP contribution in [0.1, 0.15) is 20.8 Å². The lowest BCUT2D eigenvalue weighted by molar-refractivity contribution is 0.515. The van der Waals surface area contributed by atoms with Gasteiger partial charge in [0.05, 0.1) is 6.54 Å². The summed E-state index contributed by atoms with van der Waals surface area (Å²) in [5.41, 5.74) is 0.145. The van der Waals surface area contributed by atoms with E-state index in [-0.39, 0.29) is 5.54 Å².